The summed E-state index contributed by atoms with van der Waals surface area (Å²) in [5.41, 5.74) is 6.12. The van der Waals surface area contributed by atoms with Crippen molar-refractivity contribution >= 4 is 11.8 Å². The monoisotopic (exact) mass is 361 g/mol. The predicted octanol–water partition coefficient (Wildman–Crippen LogP) is -3.03. The van der Waals surface area contributed by atoms with Crippen molar-refractivity contribution in [3.63, 3.8) is 0 Å². The second kappa shape index (κ2) is 11.5. The van der Waals surface area contributed by atoms with E-state index in [2.05, 4.69) is 0 Å². The van der Waals surface area contributed by atoms with Crippen molar-refractivity contribution in [2.75, 3.05) is 13.2 Å². The van der Waals surface area contributed by atoms with Crippen LogP contribution in [0.4, 0.5) is 0 Å². The number of rotatable bonds is 8. The number of benzene rings is 1. The van der Waals surface area contributed by atoms with Crippen molar-refractivity contribution in [3.8, 4) is 5.75 Å². The summed E-state index contributed by atoms with van der Waals surface area (Å²) in [6.07, 6.45) is -4.95. The molecule has 4 atom stereocenters. The van der Waals surface area contributed by atoms with Crippen molar-refractivity contribution in [3.05, 3.63) is 29.8 Å². The fourth-order valence-corrected chi connectivity index (χ4v) is 1.58. The number of carbonyl (C=O) groups excluding carboxylic acids is 1. The van der Waals surface area contributed by atoms with Gasteiger partial charge in [-0.1, -0.05) is 12.1 Å². The van der Waals surface area contributed by atoms with Crippen LogP contribution >= 0.6 is 0 Å². The van der Waals surface area contributed by atoms with E-state index in [4.69, 9.17) is 41.5 Å². The zero-order valence-electron chi connectivity index (χ0n) is 13.3. The Morgan fingerprint density at radius 3 is 1.96 bits per heavy atom. The summed E-state index contributed by atoms with van der Waals surface area (Å²) in [5.74, 6) is -1.87. The maximum atomic E-state index is 10.5. The van der Waals surface area contributed by atoms with Crippen LogP contribution in [0.25, 0.3) is 0 Å². The standard InChI is InChI=1S/C9H11NO3.C6H12O6/c10-8(9(12)13)5-6-1-3-7(11)4-2-6;7-1-3(9)5(11)6(12)4(10)2-8/h1-4,8,11H,5,10H2,(H,12,13);3,5-9,11-12H,1-2H2. The first-order valence-electron chi connectivity index (χ1n) is 7.18. The average Bonchev–Trinajstić information content (AvgIpc) is 2.61. The highest BCUT2D eigenvalue weighted by Crippen LogP contribution is 2.10. The molecule has 4 unspecified atom stereocenters. The average molecular weight is 361 g/mol. The van der Waals surface area contributed by atoms with E-state index in [-0.39, 0.29) is 12.2 Å². The number of carboxylic acid groups (broad SMARTS) is 1. The third kappa shape index (κ3) is 8.54. The molecule has 9 N–H and O–H groups in total. The largest absolute Gasteiger partial charge is 0.508 e. The van der Waals surface area contributed by atoms with Crippen LogP contribution in [-0.2, 0) is 16.0 Å². The lowest BCUT2D eigenvalue weighted by Gasteiger charge is -2.19. The number of carboxylic acids is 1. The van der Waals surface area contributed by atoms with Gasteiger partial charge in [-0.15, -0.1) is 0 Å². The zero-order valence-corrected chi connectivity index (χ0v) is 13.3. The number of phenols is 1. The van der Waals surface area contributed by atoms with E-state index in [1.807, 2.05) is 0 Å². The van der Waals surface area contributed by atoms with Crippen LogP contribution < -0.4 is 5.73 Å². The lowest BCUT2D eigenvalue weighted by atomic mass is 10.1. The maximum Gasteiger partial charge on any atom is 0.320 e. The zero-order chi connectivity index (χ0) is 19.6. The molecule has 1 aromatic carbocycles. The summed E-state index contributed by atoms with van der Waals surface area (Å²) in [7, 11) is 0. The molecule has 0 fully saturated rings. The lowest BCUT2D eigenvalue weighted by molar-refractivity contribution is -0.142. The van der Waals surface area contributed by atoms with Gasteiger partial charge in [-0.05, 0) is 24.1 Å². The van der Waals surface area contributed by atoms with Gasteiger partial charge in [0.1, 0.15) is 36.7 Å². The number of aliphatic carboxylic acids is 1. The molecule has 1 aromatic rings. The molecule has 0 heterocycles. The van der Waals surface area contributed by atoms with E-state index in [1.165, 1.54) is 12.1 Å². The quantitative estimate of drug-likeness (QED) is 0.235. The van der Waals surface area contributed by atoms with Crippen molar-refractivity contribution < 1.29 is 45.3 Å². The maximum absolute atomic E-state index is 10.5. The number of aliphatic hydroxyl groups is 5. The molecule has 0 bridgehead atoms. The van der Waals surface area contributed by atoms with Gasteiger partial charge in [0, 0.05) is 0 Å². The molecule has 142 valence electrons. The van der Waals surface area contributed by atoms with Crippen LogP contribution in [0.5, 0.6) is 5.75 Å². The number of hydrogen-bond acceptors (Lipinski definition) is 9. The van der Waals surface area contributed by atoms with Crippen molar-refractivity contribution in [1.29, 1.82) is 0 Å². The van der Waals surface area contributed by atoms with Gasteiger partial charge in [-0.3, -0.25) is 9.59 Å². The number of hydrogen-bond donors (Lipinski definition) is 8. The minimum absolute atomic E-state index is 0.160. The van der Waals surface area contributed by atoms with Gasteiger partial charge in [0.25, 0.3) is 0 Å². The van der Waals surface area contributed by atoms with Crippen molar-refractivity contribution in [2.45, 2.75) is 30.8 Å². The molecule has 0 saturated carbocycles. The Morgan fingerprint density at radius 2 is 1.56 bits per heavy atom. The van der Waals surface area contributed by atoms with Gasteiger partial charge in [0.15, 0.2) is 5.78 Å². The number of aromatic hydroxyl groups is 1. The smallest absolute Gasteiger partial charge is 0.320 e. The SMILES string of the molecule is NC(Cc1ccc(O)cc1)C(=O)O.O=C(CO)C(O)C(O)C(O)CO. The molecule has 10 nitrogen and oxygen atoms in total. The van der Waals surface area contributed by atoms with Crippen molar-refractivity contribution in [1.82, 2.24) is 0 Å². The fourth-order valence-electron chi connectivity index (χ4n) is 1.58. The molecule has 0 saturated heterocycles. The molecular formula is C15H23NO9. The molecule has 10 heteroatoms. The summed E-state index contributed by atoms with van der Waals surface area (Å²) in [6.45, 7) is -1.69. The normalized spacial score (nSPS) is 15.3. The van der Waals surface area contributed by atoms with E-state index < -0.39 is 49.3 Å². The minimum Gasteiger partial charge on any atom is -0.508 e. The topological polar surface area (TPSA) is 202 Å². The first-order chi connectivity index (χ1) is 11.6. The molecule has 0 aliphatic rings. The summed E-state index contributed by atoms with van der Waals surface area (Å²) in [5, 5.41) is 60.5. The van der Waals surface area contributed by atoms with Crippen molar-refractivity contribution in [2.24, 2.45) is 5.73 Å². The van der Waals surface area contributed by atoms with E-state index in [0.29, 0.717) is 0 Å². The van der Waals surface area contributed by atoms with Crippen LogP contribution in [0, 0.1) is 0 Å². The Hall–Kier alpha value is -2.08. The minimum atomic E-state index is -1.86. The molecule has 0 radical (unpaired) electrons. The number of phenolic OH excluding ortho intramolecular Hbond substituents is 1. The highest BCUT2D eigenvalue weighted by molar-refractivity contribution is 5.84. The first kappa shape index (κ1) is 22.9. The highest BCUT2D eigenvalue weighted by atomic mass is 16.4. The molecule has 25 heavy (non-hydrogen) atoms. The molecular weight excluding hydrogens is 338 g/mol. The summed E-state index contributed by atoms with van der Waals surface area (Å²) < 4.78 is 0. The Morgan fingerprint density at radius 1 is 1.04 bits per heavy atom. The number of carbonyl (C=O) groups is 2. The van der Waals surface area contributed by atoms with Crippen LogP contribution in [0.2, 0.25) is 0 Å². The molecule has 0 spiro atoms. The van der Waals surface area contributed by atoms with Gasteiger partial charge in [0.2, 0.25) is 0 Å². The lowest BCUT2D eigenvalue weighted by Crippen LogP contribution is -2.44. The van der Waals surface area contributed by atoms with Gasteiger partial charge in [-0.25, -0.2) is 0 Å². The molecule has 0 aromatic heterocycles. The second-order valence-corrected chi connectivity index (χ2v) is 5.13. The van der Waals surface area contributed by atoms with Crippen LogP contribution in [-0.4, -0.2) is 85.1 Å². The van der Waals surface area contributed by atoms with Gasteiger partial charge in [0.05, 0.1) is 6.61 Å². The van der Waals surface area contributed by atoms with E-state index >= 15 is 0 Å². The van der Waals surface area contributed by atoms with E-state index in [1.54, 1.807) is 12.1 Å². The Labute approximate surface area is 143 Å². The first-order valence-corrected chi connectivity index (χ1v) is 7.18. The van der Waals surface area contributed by atoms with Crippen LogP contribution in [0.15, 0.2) is 24.3 Å². The molecule has 1 rings (SSSR count). The molecule has 0 aliphatic carbocycles. The number of aliphatic hydroxyl groups excluding tert-OH is 5. The molecule has 0 aliphatic heterocycles. The van der Waals surface area contributed by atoms with Gasteiger partial charge < -0.3 is 41.5 Å². The summed E-state index contributed by atoms with van der Waals surface area (Å²) >= 11 is 0. The predicted molar refractivity (Wildman–Crippen MR) is 84.6 cm³/mol. The summed E-state index contributed by atoms with van der Waals surface area (Å²) in [4.78, 5) is 20.9. The molecule has 0 amide bonds. The number of nitrogens with two attached hydrogens (primary N) is 1. The van der Waals surface area contributed by atoms with Crippen LogP contribution in [0.1, 0.15) is 5.56 Å². The van der Waals surface area contributed by atoms with Gasteiger partial charge in [-0.2, -0.15) is 0 Å². The van der Waals surface area contributed by atoms with E-state index in [9.17, 15) is 9.59 Å². The highest BCUT2D eigenvalue weighted by Gasteiger charge is 2.28. The Bertz CT molecular complexity index is 534. The third-order valence-corrected chi connectivity index (χ3v) is 3.10. The summed E-state index contributed by atoms with van der Waals surface area (Å²) in [6, 6.07) is 5.42. The fraction of sp³-hybridized carbons (Fsp3) is 0.467. The Kier molecular flexibility index (Phi) is 10.5. The van der Waals surface area contributed by atoms with Crippen LogP contribution in [0.3, 0.4) is 0 Å². The number of ketones is 1. The van der Waals surface area contributed by atoms with E-state index in [0.717, 1.165) is 5.56 Å². The third-order valence-electron chi connectivity index (χ3n) is 3.10. The second-order valence-electron chi connectivity index (χ2n) is 5.13. The van der Waals surface area contributed by atoms with Gasteiger partial charge >= 0.3 is 5.97 Å². The number of Topliss-reactive ketones (excluding diaryl/α,β-unsaturated/α-hetero) is 1. The Balaban J connectivity index is 0.000000463.